The fraction of sp³-hybridized carbons (Fsp3) is 0.125. The summed E-state index contributed by atoms with van der Waals surface area (Å²) in [6.45, 7) is 0. The van der Waals surface area contributed by atoms with Crippen LogP contribution in [0.1, 0.15) is 11.1 Å². The topological polar surface area (TPSA) is 90.7 Å². The first-order valence-electron chi connectivity index (χ1n) is 6.23. The van der Waals surface area contributed by atoms with E-state index in [1.807, 2.05) is 42.5 Å². The average molecular weight is 277 g/mol. The van der Waals surface area contributed by atoms with E-state index in [0.29, 0.717) is 5.56 Å². The lowest BCUT2D eigenvalue weighted by molar-refractivity contribution is -0.384. The van der Waals surface area contributed by atoms with Gasteiger partial charge in [0.2, 0.25) is 0 Å². The number of nitro benzene ring substituents is 1. The largest absolute Gasteiger partial charge is 0.269 e. The van der Waals surface area contributed by atoms with Gasteiger partial charge < -0.3 is 0 Å². The molecular formula is C16H11N3O2. The summed E-state index contributed by atoms with van der Waals surface area (Å²) < 4.78 is 0. The lowest BCUT2D eigenvalue weighted by atomic mass is 9.78. The van der Waals surface area contributed by atoms with Gasteiger partial charge in [0.25, 0.3) is 5.69 Å². The highest BCUT2D eigenvalue weighted by molar-refractivity contribution is 5.46. The SMILES string of the molecule is N#CC(C#N)(Cc1ccccc1)c1ccc([N+](=O)[O-])cc1. The second-order valence-corrected chi connectivity index (χ2v) is 4.60. The van der Waals surface area contributed by atoms with E-state index in [2.05, 4.69) is 0 Å². The van der Waals surface area contributed by atoms with Crippen molar-refractivity contribution in [2.45, 2.75) is 11.8 Å². The van der Waals surface area contributed by atoms with Gasteiger partial charge in [-0.3, -0.25) is 10.1 Å². The normalized spacial score (nSPS) is 10.4. The summed E-state index contributed by atoms with van der Waals surface area (Å²) in [5.74, 6) is 0. The zero-order valence-corrected chi connectivity index (χ0v) is 11.1. The summed E-state index contributed by atoms with van der Waals surface area (Å²) in [7, 11) is 0. The third-order valence-corrected chi connectivity index (χ3v) is 3.26. The molecule has 0 aromatic heterocycles. The lowest BCUT2D eigenvalue weighted by Gasteiger charge is -2.19. The summed E-state index contributed by atoms with van der Waals surface area (Å²) >= 11 is 0. The van der Waals surface area contributed by atoms with Crippen molar-refractivity contribution in [3.8, 4) is 12.1 Å². The molecule has 0 atom stereocenters. The van der Waals surface area contributed by atoms with Gasteiger partial charge in [0, 0.05) is 18.6 Å². The number of benzene rings is 2. The van der Waals surface area contributed by atoms with E-state index in [1.165, 1.54) is 24.3 Å². The number of hydrogen-bond acceptors (Lipinski definition) is 4. The Kier molecular flexibility index (Phi) is 3.97. The minimum Gasteiger partial charge on any atom is -0.258 e. The fourth-order valence-electron chi connectivity index (χ4n) is 2.10. The number of nitrogens with zero attached hydrogens (tertiary/aromatic N) is 3. The highest BCUT2D eigenvalue weighted by atomic mass is 16.6. The van der Waals surface area contributed by atoms with E-state index in [1.54, 1.807) is 0 Å². The predicted molar refractivity (Wildman–Crippen MR) is 76.1 cm³/mol. The van der Waals surface area contributed by atoms with Crippen molar-refractivity contribution in [3.63, 3.8) is 0 Å². The molecule has 2 aromatic rings. The first-order chi connectivity index (χ1) is 10.1. The maximum atomic E-state index is 10.7. The Morgan fingerprint density at radius 1 is 1.00 bits per heavy atom. The molecule has 2 aromatic carbocycles. The second-order valence-electron chi connectivity index (χ2n) is 4.60. The molecule has 0 aliphatic carbocycles. The smallest absolute Gasteiger partial charge is 0.258 e. The van der Waals surface area contributed by atoms with E-state index in [-0.39, 0.29) is 12.1 Å². The summed E-state index contributed by atoms with van der Waals surface area (Å²) in [4.78, 5) is 10.2. The highest BCUT2D eigenvalue weighted by Crippen LogP contribution is 2.29. The minimum absolute atomic E-state index is 0.0664. The molecule has 0 fully saturated rings. The van der Waals surface area contributed by atoms with Crippen LogP contribution in [-0.2, 0) is 11.8 Å². The molecule has 0 aliphatic heterocycles. The molecule has 0 spiro atoms. The van der Waals surface area contributed by atoms with Gasteiger partial charge in [0.15, 0.2) is 5.41 Å². The summed E-state index contributed by atoms with van der Waals surface area (Å²) in [5, 5.41) is 29.6. The van der Waals surface area contributed by atoms with Gasteiger partial charge in [-0.05, 0) is 23.3 Å². The molecule has 5 heteroatoms. The third-order valence-electron chi connectivity index (χ3n) is 3.26. The van der Waals surface area contributed by atoms with Gasteiger partial charge in [-0.1, -0.05) is 30.3 Å². The zero-order chi connectivity index (χ0) is 15.3. The van der Waals surface area contributed by atoms with Gasteiger partial charge in [0.05, 0.1) is 17.1 Å². The van der Waals surface area contributed by atoms with Crippen molar-refractivity contribution < 1.29 is 4.92 Å². The van der Waals surface area contributed by atoms with Crippen LogP contribution >= 0.6 is 0 Å². The van der Waals surface area contributed by atoms with Crippen molar-refractivity contribution in [2.24, 2.45) is 0 Å². The van der Waals surface area contributed by atoms with Crippen molar-refractivity contribution in [1.29, 1.82) is 10.5 Å². The van der Waals surface area contributed by atoms with Crippen LogP contribution in [0.5, 0.6) is 0 Å². The Balaban J connectivity index is 2.41. The first kappa shape index (κ1) is 14.2. The maximum absolute atomic E-state index is 10.7. The van der Waals surface area contributed by atoms with Crippen LogP contribution in [-0.4, -0.2) is 4.92 Å². The van der Waals surface area contributed by atoms with Gasteiger partial charge in [-0.2, -0.15) is 10.5 Å². The highest BCUT2D eigenvalue weighted by Gasteiger charge is 2.33. The Bertz CT molecular complexity index is 711. The predicted octanol–water partition coefficient (Wildman–Crippen LogP) is 3.12. The zero-order valence-electron chi connectivity index (χ0n) is 11.1. The number of nitro groups is 1. The molecule has 0 bridgehead atoms. The summed E-state index contributed by atoms with van der Waals surface area (Å²) in [6, 6.07) is 18.9. The summed E-state index contributed by atoms with van der Waals surface area (Å²) in [6.07, 6.45) is 0.235. The van der Waals surface area contributed by atoms with Gasteiger partial charge in [-0.25, -0.2) is 0 Å². The monoisotopic (exact) mass is 277 g/mol. The van der Waals surface area contributed by atoms with E-state index in [0.717, 1.165) is 5.56 Å². The van der Waals surface area contributed by atoms with Crippen molar-refractivity contribution in [3.05, 3.63) is 75.8 Å². The van der Waals surface area contributed by atoms with Crippen LogP contribution in [0.2, 0.25) is 0 Å². The van der Waals surface area contributed by atoms with Gasteiger partial charge in [0.1, 0.15) is 0 Å². The molecule has 0 saturated heterocycles. The average Bonchev–Trinajstić information content (AvgIpc) is 2.54. The van der Waals surface area contributed by atoms with E-state index >= 15 is 0 Å². The van der Waals surface area contributed by atoms with Crippen LogP contribution in [0.4, 0.5) is 5.69 Å². The maximum Gasteiger partial charge on any atom is 0.269 e. The van der Waals surface area contributed by atoms with Gasteiger partial charge >= 0.3 is 0 Å². The standard InChI is InChI=1S/C16H11N3O2/c17-11-16(12-18,10-13-4-2-1-3-5-13)14-6-8-15(9-7-14)19(20)21/h1-9H,10H2. The van der Waals surface area contributed by atoms with E-state index < -0.39 is 10.3 Å². The molecule has 0 heterocycles. The molecule has 0 radical (unpaired) electrons. The summed E-state index contributed by atoms with van der Waals surface area (Å²) in [5.41, 5.74) is -0.0969. The molecule has 0 amide bonds. The van der Waals surface area contributed by atoms with E-state index in [4.69, 9.17) is 0 Å². The van der Waals surface area contributed by atoms with E-state index in [9.17, 15) is 20.6 Å². The molecule has 0 saturated carbocycles. The fourth-order valence-corrected chi connectivity index (χ4v) is 2.10. The third kappa shape index (κ3) is 2.88. The molecule has 0 unspecified atom stereocenters. The second kappa shape index (κ2) is 5.85. The number of hydrogen-bond donors (Lipinski definition) is 0. The number of rotatable bonds is 4. The minimum atomic E-state index is -1.35. The van der Waals surface area contributed by atoms with Crippen LogP contribution in [0.3, 0.4) is 0 Å². The first-order valence-corrected chi connectivity index (χ1v) is 6.23. The Morgan fingerprint density at radius 2 is 1.57 bits per heavy atom. The molecular weight excluding hydrogens is 266 g/mol. The Labute approximate surface area is 121 Å². The Morgan fingerprint density at radius 3 is 2.05 bits per heavy atom. The molecule has 2 rings (SSSR count). The number of non-ortho nitro benzene ring substituents is 1. The molecule has 5 nitrogen and oxygen atoms in total. The van der Waals surface area contributed by atoms with Crippen LogP contribution in [0.25, 0.3) is 0 Å². The van der Waals surface area contributed by atoms with Crippen molar-refractivity contribution >= 4 is 5.69 Å². The number of nitriles is 2. The van der Waals surface area contributed by atoms with Gasteiger partial charge in [-0.15, -0.1) is 0 Å². The quantitative estimate of drug-likeness (QED) is 0.634. The Hall–Kier alpha value is -3.18. The molecule has 21 heavy (non-hydrogen) atoms. The molecule has 102 valence electrons. The van der Waals surface area contributed by atoms with Crippen molar-refractivity contribution in [1.82, 2.24) is 0 Å². The lowest BCUT2D eigenvalue weighted by Crippen LogP contribution is -2.25. The van der Waals surface area contributed by atoms with Crippen LogP contribution in [0.15, 0.2) is 54.6 Å². The van der Waals surface area contributed by atoms with Crippen LogP contribution in [0, 0.1) is 32.8 Å². The van der Waals surface area contributed by atoms with Crippen LogP contribution < -0.4 is 0 Å². The molecule has 0 aliphatic rings. The molecule has 0 N–H and O–H groups in total. The van der Waals surface area contributed by atoms with Crippen molar-refractivity contribution in [2.75, 3.05) is 0 Å².